The summed E-state index contributed by atoms with van der Waals surface area (Å²) in [7, 11) is 0. The SMILES string of the molecule is OC(Cc1cccc(Br)c1)C1(N2CCCCC2)CCCC1. The highest BCUT2D eigenvalue weighted by atomic mass is 79.9. The second-order valence-electron chi connectivity index (χ2n) is 6.71. The van der Waals surface area contributed by atoms with Crippen LogP contribution < -0.4 is 0 Å². The van der Waals surface area contributed by atoms with E-state index in [0.29, 0.717) is 0 Å². The quantitative estimate of drug-likeness (QED) is 0.880. The Bertz CT molecular complexity index is 464. The molecule has 0 aromatic heterocycles. The molecule has 1 aromatic rings. The molecule has 1 aliphatic heterocycles. The minimum atomic E-state index is -0.243. The molecule has 0 bridgehead atoms. The molecule has 1 heterocycles. The van der Waals surface area contributed by atoms with Crippen molar-refractivity contribution in [1.29, 1.82) is 0 Å². The maximum Gasteiger partial charge on any atom is 0.0764 e. The summed E-state index contributed by atoms with van der Waals surface area (Å²) in [6, 6.07) is 8.38. The third kappa shape index (κ3) is 3.35. The largest absolute Gasteiger partial charge is 0.391 e. The Morgan fingerprint density at radius 2 is 1.81 bits per heavy atom. The molecule has 2 aliphatic rings. The zero-order valence-electron chi connectivity index (χ0n) is 12.7. The van der Waals surface area contributed by atoms with Gasteiger partial charge in [0.05, 0.1) is 6.10 Å². The van der Waals surface area contributed by atoms with E-state index in [0.717, 1.165) is 10.9 Å². The van der Waals surface area contributed by atoms with Crippen LogP contribution >= 0.6 is 15.9 Å². The number of nitrogens with zero attached hydrogens (tertiary/aromatic N) is 1. The Morgan fingerprint density at radius 3 is 2.48 bits per heavy atom. The highest BCUT2D eigenvalue weighted by Crippen LogP contribution is 2.40. The number of halogens is 1. The zero-order valence-corrected chi connectivity index (χ0v) is 14.3. The van der Waals surface area contributed by atoms with Crippen molar-refractivity contribution < 1.29 is 5.11 Å². The fraction of sp³-hybridized carbons (Fsp3) is 0.667. The summed E-state index contributed by atoms with van der Waals surface area (Å²) in [6.07, 6.45) is 9.36. The predicted molar refractivity (Wildman–Crippen MR) is 90.5 cm³/mol. The van der Waals surface area contributed by atoms with E-state index < -0.39 is 0 Å². The van der Waals surface area contributed by atoms with Crippen LogP contribution in [0, 0.1) is 0 Å². The highest BCUT2D eigenvalue weighted by Gasteiger charge is 2.45. The average molecular weight is 352 g/mol. The molecule has 2 fully saturated rings. The van der Waals surface area contributed by atoms with E-state index in [2.05, 4.69) is 39.0 Å². The number of rotatable bonds is 4. The fourth-order valence-electron chi connectivity index (χ4n) is 4.26. The molecule has 2 nitrogen and oxygen atoms in total. The molecule has 3 rings (SSSR count). The smallest absolute Gasteiger partial charge is 0.0764 e. The third-order valence-corrected chi connectivity index (χ3v) is 5.89. The molecule has 1 N–H and O–H groups in total. The standard InChI is InChI=1S/C18H26BrNO/c19-16-8-6-7-15(13-16)14-17(21)18(9-2-3-10-18)20-11-4-1-5-12-20/h6-8,13,17,21H,1-5,9-12,14H2. The van der Waals surface area contributed by atoms with Gasteiger partial charge in [-0.05, 0) is 56.5 Å². The summed E-state index contributed by atoms with van der Waals surface area (Å²) in [5.41, 5.74) is 1.28. The lowest BCUT2D eigenvalue weighted by Crippen LogP contribution is -2.57. The monoisotopic (exact) mass is 351 g/mol. The van der Waals surface area contributed by atoms with Crippen LogP contribution in [0.4, 0.5) is 0 Å². The van der Waals surface area contributed by atoms with E-state index in [-0.39, 0.29) is 11.6 Å². The third-order valence-electron chi connectivity index (χ3n) is 5.39. The lowest BCUT2D eigenvalue weighted by molar-refractivity contribution is -0.0380. The van der Waals surface area contributed by atoms with Crippen LogP contribution in [0.5, 0.6) is 0 Å². The van der Waals surface area contributed by atoms with Gasteiger partial charge in [-0.3, -0.25) is 4.90 Å². The molecule has 21 heavy (non-hydrogen) atoms. The first-order chi connectivity index (χ1) is 10.2. The summed E-state index contributed by atoms with van der Waals surface area (Å²) < 4.78 is 1.10. The first-order valence-corrected chi connectivity index (χ1v) is 9.18. The van der Waals surface area contributed by atoms with Crippen LogP contribution in [0.2, 0.25) is 0 Å². The van der Waals surface area contributed by atoms with Crippen molar-refractivity contribution in [2.24, 2.45) is 0 Å². The van der Waals surface area contributed by atoms with Gasteiger partial charge in [0.1, 0.15) is 0 Å². The first-order valence-electron chi connectivity index (χ1n) is 8.38. The minimum Gasteiger partial charge on any atom is -0.391 e. The maximum absolute atomic E-state index is 11.0. The van der Waals surface area contributed by atoms with Crippen molar-refractivity contribution in [2.75, 3.05) is 13.1 Å². The molecule has 0 amide bonds. The number of likely N-dealkylation sites (tertiary alicyclic amines) is 1. The fourth-order valence-corrected chi connectivity index (χ4v) is 4.71. The Labute approximate surface area is 136 Å². The molecular weight excluding hydrogens is 326 g/mol. The van der Waals surface area contributed by atoms with Crippen LogP contribution in [0.3, 0.4) is 0 Å². The maximum atomic E-state index is 11.0. The average Bonchev–Trinajstić information content (AvgIpc) is 2.99. The van der Waals surface area contributed by atoms with E-state index in [1.165, 1.54) is 63.6 Å². The summed E-state index contributed by atoms with van der Waals surface area (Å²) in [4.78, 5) is 2.62. The van der Waals surface area contributed by atoms with Gasteiger partial charge in [-0.1, -0.05) is 47.3 Å². The van der Waals surface area contributed by atoms with E-state index in [1.807, 2.05) is 6.07 Å². The minimum absolute atomic E-state index is 0.0444. The van der Waals surface area contributed by atoms with Crippen LogP contribution in [-0.4, -0.2) is 34.7 Å². The second-order valence-corrected chi connectivity index (χ2v) is 7.62. The number of hydrogen-bond donors (Lipinski definition) is 1. The van der Waals surface area contributed by atoms with Crippen LogP contribution in [0.25, 0.3) is 0 Å². The van der Waals surface area contributed by atoms with Gasteiger partial charge in [0.15, 0.2) is 0 Å². The van der Waals surface area contributed by atoms with Gasteiger partial charge in [-0.15, -0.1) is 0 Å². The number of aliphatic hydroxyl groups excluding tert-OH is 1. The van der Waals surface area contributed by atoms with Crippen molar-refractivity contribution in [2.45, 2.75) is 63.0 Å². The molecular formula is C18H26BrNO. The van der Waals surface area contributed by atoms with Gasteiger partial charge in [0.2, 0.25) is 0 Å². The molecule has 1 atom stereocenters. The van der Waals surface area contributed by atoms with Gasteiger partial charge in [-0.2, -0.15) is 0 Å². The Morgan fingerprint density at radius 1 is 1.10 bits per heavy atom. The molecule has 0 spiro atoms. The molecule has 1 saturated carbocycles. The highest BCUT2D eigenvalue weighted by molar-refractivity contribution is 9.10. The lowest BCUT2D eigenvalue weighted by Gasteiger charge is -2.46. The lowest BCUT2D eigenvalue weighted by atomic mass is 9.83. The van der Waals surface area contributed by atoms with Gasteiger partial charge in [-0.25, -0.2) is 0 Å². The number of benzene rings is 1. The van der Waals surface area contributed by atoms with Crippen molar-refractivity contribution in [3.8, 4) is 0 Å². The van der Waals surface area contributed by atoms with Gasteiger partial charge < -0.3 is 5.11 Å². The molecule has 1 aromatic carbocycles. The van der Waals surface area contributed by atoms with E-state index in [9.17, 15) is 5.11 Å². The van der Waals surface area contributed by atoms with E-state index >= 15 is 0 Å². The summed E-state index contributed by atoms with van der Waals surface area (Å²) in [5, 5.41) is 11.0. The van der Waals surface area contributed by atoms with Crippen LogP contribution in [0.1, 0.15) is 50.5 Å². The molecule has 1 aliphatic carbocycles. The summed E-state index contributed by atoms with van der Waals surface area (Å²) in [5.74, 6) is 0. The topological polar surface area (TPSA) is 23.5 Å². The first kappa shape index (κ1) is 15.5. The van der Waals surface area contributed by atoms with Crippen LogP contribution in [-0.2, 0) is 6.42 Å². The summed E-state index contributed by atoms with van der Waals surface area (Å²) in [6.45, 7) is 2.35. The van der Waals surface area contributed by atoms with Crippen molar-refractivity contribution in [3.05, 3.63) is 34.3 Å². The zero-order chi connectivity index (χ0) is 14.7. The Kier molecular flexibility index (Phi) is 5.03. The van der Waals surface area contributed by atoms with Gasteiger partial charge in [0.25, 0.3) is 0 Å². The molecule has 1 saturated heterocycles. The number of hydrogen-bond acceptors (Lipinski definition) is 2. The molecule has 3 heteroatoms. The molecule has 0 radical (unpaired) electrons. The Hall–Kier alpha value is -0.380. The number of piperidine rings is 1. The summed E-state index contributed by atoms with van der Waals surface area (Å²) >= 11 is 3.53. The van der Waals surface area contributed by atoms with E-state index in [1.54, 1.807) is 0 Å². The Balaban J connectivity index is 1.76. The van der Waals surface area contributed by atoms with Crippen molar-refractivity contribution >= 4 is 15.9 Å². The van der Waals surface area contributed by atoms with Crippen LogP contribution in [0.15, 0.2) is 28.7 Å². The van der Waals surface area contributed by atoms with Gasteiger partial charge >= 0.3 is 0 Å². The number of aliphatic hydroxyl groups is 1. The second kappa shape index (κ2) is 6.80. The molecule has 1 unspecified atom stereocenters. The predicted octanol–water partition coefficient (Wildman–Crippen LogP) is 4.15. The van der Waals surface area contributed by atoms with Gasteiger partial charge in [0, 0.05) is 16.4 Å². The molecule has 116 valence electrons. The van der Waals surface area contributed by atoms with E-state index in [4.69, 9.17) is 0 Å². The normalized spacial score (nSPS) is 24.1. The van der Waals surface area contributed by atoms with Crippen molar-refractivity contribution in [3.63, 3.8) is 0 Å². The van der Waals surface area contributed by atoms with Crippen molar-refractivity contribution in [1.82, 2.24) is 4.90 Å².